The quantitative estimate of drug-likeness (QED) is 0.295. The molecule has 0 atom stereocenters. The average molecular weight is 622 g/mol. The van der Waals surface area contributed by atoms with E-state index in [2.05, 4.69) is 77.4 Å². The molecule has 0 unspecified atom stereocenters. The summed E-state index contributed by atoms with van der Waals surface area (Å²) < 4.78 is -1.14. The molecule has 0 fully saturated rings. The zero-order valence-corrected chi connectivity index (χ0v) is 13.1. The molecule has 42 valence electrons. The van der Waals surface area contributed by atoms with E-state index < -0.39 is 1.33 Å². The summed E-state index contributed by atoms with van der Waals surface area (Å²) in [6, 6.07) is 0. The van der Waals surface area contributed by atoms with Crippen molar-refractivity contribution in [3.63, 3.8) is 0 Å². The summed E-state index contributed by atoms with van der Waals surface area (Å²) in [4.78, 5) is 0. The van der Waals surface area contributed by atoms with Gasteiger partial charge in [0.05, 0.1) is 0 Å². The molecule has 0 radical (unpaired) electrons. The molecule has 0 aromatic carbocycles. The van der Waals surface area contributed by atoms with Gasteiger partial charge in [0, 0.05) is 0 Å². The first-order chi connectivity index (χ1) is 2.00. The third-order valence-electron chi connectivity index (χ3n) is 0. The van der Waals surface area contributed by atoms with Crippen LogP contribution in [0.5, 0.6) is 0 Å². The molecule has 6 heteroatoms. The Labute approximate surface area is 81.6 Å². The Morgan fingerprint density at radius 3 is 0.833 bits per heavy atom. The Bertz CT molecular complexity index is 23.0. The van der Waals surface area contributed by atoms with E-state index in [1.807, 2.05) is 0 Å². The summed E-state index contributed by atoms with van der Waals surface area (Å²) >= 11 is 10.1. The van der Waals surface area contributed by atoms with Gasteiger partial charge in [0.1, 0.15) is 0 Å². The monoisotopic (exact) mass is 624 g/mol. The van der Waals surface area contributed by atoms with E-state index in [0.717, 1.165) is 0 Å². The molecule has 6 heavy (non-hydrogen) atoms. The van der Waals surface area contributed by atoms with Crippen LogP contribution in [0.3, 0.4) is 0 Å². The first-order valence-corrected chi connectivity index (χ1v) is 24.5. The molecule has 0 rings (SSSR count). The van der Waals surface area contributed by atoms with Crippen molar-refractivity contribution in [3.05, 3.63) is 0 Å². The molecule has 0 heterocycles. The van der Waals surface area contributed by atoms with E-state index in [-0.39, 0.29) is 5.48 Å². The molecule has 0 aromatic rings. The normalized spacial score (nSPS) is 12.7. The maximum absolute atomic E-state index is 2.53. The molecule has 0 aliphatic heterocycles. The van der Waals surface area contributed by atoms with Crippen LogP contribution in [0.4, 0.5) is 0 Å². The minimum absolute atomic E-state index is 0. The summed E-state index contributed by atoms with van der Waals surface area (Å²) in [6.07, 6.45) is 0. The molecule has 0 saturated carbocycles. The molecular formula is H2I4MoO. The molecule has 0 saturated heterocycles. The van der Waals surface area contributed by atoms with Crippen molar-refractivity contribution in [3.8, 4) is 0 Å². The number of hydrogen-bond acceptors (Lipinski definition) is 0. The van der Waals surface area contributed by atoms with Crippen molar-refractivity contribution in [2.24, 2.45) is 0 Å². The van der Waals surface area contributed by atoms with Gasteiger partial charge < -0.3 is 5.48 Å². The standard InChI is InChI=1S/4HI.Mo.H2O/h4*1H;;1H2/q;;;;+4;/p-4. The van der Waals surface area contributed by atoms with Gasteiger partial charge in [-0.15, -0.1) is 0 Å². The molecule has 1 nitrogen and oxygen atoms in total. The number of rotatable bonds is 0. The van der Waals surface area contributed by atoms with Gasteiger partial charge >= 0.3 is 78.7 Å². The van der Waals surface area contributed by atoms with Crippen LogP contribution in [0.2, 0.25) is 0 Å². The maximum atomic E-state index is 2.53. The molecule has 2 N–H and O–H groups in total. The third-order valence-corrected chi connectivity index (χ3v) is 0. The fraction of sp³-hybridized carbons (Fsp3) is 0. The van der Waals surface area contributed by atoms with Crippen LogP contribution in [0.1, 0.15) is 0 Å². The Morgan fingerprint density at radius 2 is 0.833 bits per heavy atom. The van der Waals surface area contributed by atoms with Gasteiger partial charge in [0.25, 0.3) is 0 Å². The fourth-order valence-corrected chi connectivity index (χ4v) is 0. The van der Waals surface area contributed by atoms with E-state index in [0.29, 0.717) is 0 Å². The zero-order valence-electron chi connectivity index (χ0n) is 2.42. The summed E-state index contributed by atoms with van der Waals surface area (Å²) in [5.41, 5.74) is 0. The Morgan fingerprint density at radius 1 is 0.833 bits per heavy atom. The Hall–Kier alpha value is 3.57. The van der Waals surface area contributed by atoms with Gasteiger partial charge in [-0.3, -0.25) is 0 Å². The molecule has 0 aromatic heterocycles. The fourth-order valence-electron chi connectivity index (χ4n) is 0. The Balaban J connectivity index is 0. The van der Waals surface area contributed by atoms with Crippen LogP contribution < -0.4 is 0 Å². The van der Waals surface area contributed by atoms with Crippen molar-refractivity contribution in [1.82, 2.24) is 0 Å². The molecular weight excluding hydrogens is 620 g/mol. The second kappa shape index (κ2) is 5.36. The van der Waals surface area contributed by atoms with Gasteiger partial charge in [-0.2, -0.15) is 0 Å². The van der Waals surface area contributed by atoms with Crippen LogP contribution >= 0.6 is 77.4 Å². The topological polar surface area (TPSA) is 31.5 Å². The molecule has 0 bridgehead atoms. The second-order valence-electron chi connectivity index (χ2n) is 0.350. The van der Waals surface area contributed by atoms with Gasteiger partial charge in [0.15, 0.2) is 0 Å². The molecule has 0 amide bonds. The van der Waals surface area contributed by atoms with E-state index in [1.54, 1.807) is 0 Å². The van der Waals surface area contributed by atoms with Gasteiger partial charge in [-0.25, -0.2) is 0 Å². The first-order valence-electron chi connectivity index (χ1n) is 0.617. The van der Waals surface area contributed by atoms with E-state index in [1.165, 1.54) is 0 Å². The summed E-state index contributed by atoms with van der Waals surface area (Å²) in [7, 11) is 0. The second-order valence-corrected chi connectivity index (χ2v) is 93.2. The molecule has 0 aliphatic carbocycles. The van der Waals surface area contributed by atoms with Gasteiger partial charge in [-0.1, -0.05) is 0 Å². The van der Waals surface area contributed by atoms with Gasteiger partial charge in [-0.05, 0) is 0 Å². The third kappa shape index (κ3) is 25.6. The SMILES string of the molecule is O.[I][Mo]([I])([I])[I]. The average Bonchev–Trinajstić information content (AvgIpc) is 0.722. The first kappa shape index (κ1) is 12.3. The van der Waals surface area contributed by atoms with Crippen molar-refractivity contribution in [1.29, 1.82) is 0 Å². The van der Waals surface area contributed by atoms with E-state index >= 15 is 0 Å². The minimum atomic E-state index is -1.14. The van der Waals surface area contributed by atoms with Crippen LogP contribution in [-0.2, 0) is 1.33 Å². The van der Waals surface area contributed by atoms with Crippen molar-refractivity contribution >= 4 is 77.4 Å². The van der Waals surface area contributed by atoms with E-state index in [4.69, 9.17) is 0 Å². The van der Waals surface area contributed by atoms with E-state index in [9.17, 15) is 0 Å². The zero-order chi connectivity index (χ0) is 4.50. The molecule has 0 spiro atoms. The van der Waals surface area contributed by atoms with Crippen molar-refractivity contribution in [2.45, 2.75) is 0 Å². The molecule has 0 aliphatic rings. The number of hydrogen-bond donors (Lipinski definition) is 0. The van der Waals surface area contributed by atoms with Crippen LogP contribution in [0, 0.1) is 0 Å². The number of halogens is 4. The van der Waals surface area contributed by atoms with Crippen LogP contribution in [0.15, 0.2) is 0 Å². The summed E-state index contributed by atoms with van der Waals surface area (Å²) in [5, 5.41) is 0. The Kier molecular flexibility index (Phi) is 11.0. The van der Waals surface area contributed by atoms with Crippen molar-refractivity contribution < 1.29 is 6.81 Å². The van der Waals surface area contributed by atoms with Crippen molar-refractivity contribution in [2.75, 3.05) is 0 Å². The van der Waals surface area contributed by atoms with Gasteiger partial charge in [0.2, 0.25) is 0 Å². The summed E-state index contributed by atoms with van der Waals surface area (Å²) in [5.74, 6) is 0. The van der Waals surface area contributed by atoms with Crippen LogP contribution in [-0.4, -0.2) is 5.48 Å². The van der Waals surface area contributed by atoms with Crippen LogP contribution in [0.25, 0.3) is 0 Å². The predicted octanol–water partition coefficient (Wildman–Crippen LogP) is 2.72. The predicted molar refractivity (Wildman–Crippen MR) is 59.7 cm³/mol. The summed E-state index contributed by atoms with van der Waals surface area (Å²) in [6.45, 7) is 0.